The van der Waals surface area contributed by atoms with Gasteiger partial charge in [0.2, 0.25) is 0 Å². The Labute approximate surface area is 120 Å². The van der Waals surface area contributed by atoms with Gasteiger partial charge in [0.05, 0.1) is 15.9 Å². The summed E-state index contributed by atoms with van der Waals surface area (Å²) in [4.78, 5) is 20.4. The number of non-ortho nitro benzene ring substituents is 1. The minimum atomic E-state index is -0.640. The van der Waals surface area contributed by atoms with Gasteiger partial charge in [-0.3, -0.25) is 20.2 Å². The summed E-state index contributed by atoms with van der Waals surface area (Å²) in [6, 6.07) is 13.2. The maximum atomic E-state index is 11.0. The predicted molar refractivity (Wildman–Crippen MR) is 78.4 cm³/mol. The number of nitro groups is 2. The zero-order valence-corrected chi connectivity index (χ0v) is 11.1. The van der Waals surface area contributed by atoms with Crippen LogP contribution in [0.4, 0.5) is 17.1 Å². The van der Waals surface area contributed by atoms with Gasteiger partial charge < -0.3 is 5.32 Å². The van der Waals surface area contributed by atoms with E-state index in [9.17, 15) is 20.2 Å². The second-order valence-electron chi connectivity index (χ2n) is 4.37. The van der Waals surface area contributed by atoms with Crippen LogP contribution in [0.1, 0.15) is 5.56 Å². The van der Waals surface area contributed by atoms with Gasteiger partial charge >= 0.3 is 0 Å². The van der Waals surface area contributed by atoms with Crippen LogP contribution in [0.25, 0.3) is 0 Å². The molecule has 2 rings (SSSR count). The second-order valence-corrected chi connectivity index (χ2v) is 4.37. The summed E-state index contributed by atoms with van der Waals surface area (Å²) >= 11 is 0. The molecular formula is C14H13N3O4. The number of nitrogens with one attached hydrogen (secondary N) is 1. The maximum absolute atomic E-state index is 11.0. The Morgan fingerprint density at radius 3 is 2.29 bits per heavy atom. The number of rotatable bonds is 6. The molecule has 7 nitrogen and oxygen atoms in total. The molecule has 0 saturated heterocycles. The Kier molecular flexibility index (Phi) is 4.45. The van der Waals surface area contributed by atoms with Crippen LogP contribution in [0.5, 0.6) is 0 Å². The van der Waals surface area contributed by atoms with E-state index in [1.807, 2.05) is 30.3 Å². The van der Waals surface area contributed by atoms with E-state index in [2.05, 4.69) is 5.32 Å². The number of benzene rings is 2. The summed E-state index contributed by atoms with van der Waals surface area (Å²) < 4.78 is 0. The molecule has 108 valence electrons. The molecule has 7 heteroatoms. The molecule has 0 aromatic heterocycles. The largest absolute Gasteiger partial charge is 0.385 e. The highest BCUT2D eigenvalue weighted by Gasteiger charge is 2.18. The molecule has 0 unspecified atom stereocenters. The van der Waals surface area contributed by atoms with E-state index in [1.54, 1.807) is 0 Å². The fourth-order valence-electron chi connectivity index (χ4n) is 1.94. The van der Waals surface area contributed by atoms with Gasteiger partial charge in [-0.05, 0) is 24.6 Å². The first-order chi connectivity index (χ1) is 10.1. The van der Waals surface area contributed by atoms with Crippen molar-refractivity contribution in [3.63, 3.8) is 0 Å². The molecule has 0 saturated carbocycles. The molecule has 1 N–H and O–H groups in total. The summed E-state index contributed by atoms with van der Waals surface area (Å²) in [5.41, 5.74) is 0.886. The van der Waals surface area contributed by atoms with Crippen LogP contribution < -0.4 is 5.32 Å². The first kappa shape index (κ1) is 14.4. The lowest BCUT2D eigenvalue weighted by atomic mass is 10.1. The molecule has 2 aromatic rings. The molecule has 2 aromatic carbocycles. The summed E-state index contributed by atoms with van der Waals surface area (Å²) in [6.45, 7) is 0.503. The van der Waals surface area contributed by atoms with Gasteiger partial charge in [-0.1, -0.05) is 18.2 Å². The van der Waals surface area contributed by atoms with Crippen LogP contribution in [0.15, 0.2) is 48.5 Å². The Morgan fingerprint density at radius 2 is 1.67 bits per heavy atom. The first-order valence-corrected chi connectivity index (χ1v) is 6.28. The topological polar surface area (TPSA) is 98.3 Å². The SMILES string of the molecule is O=[N+]([O-])c1ccc(CCNc2ccccc2)c([N+](=O)[O-])c1. The number of anilines is 1. The molecule has 0 aliphatic carbocycles. The predicted octanol–water partition coefficient (Wildman–Crippen LogP) is 3.16. The molecule has 0 aliphatic rings. The fourth-order valence-corrected chi connectivity index (χ4v) is 1.94. The lowest BCUT2D eigenvalue weighted by Crippen LogP contribution is -2.06. The third kappa shape index (κ3) is 3.75. The number of nitro benzene ring substituents is 2. The third-order valence-electron chi connectivity index (χ3n) is 2.97. The van der Waals surface area contributed by atoms with Crippen molar-refractivity contribution >= 4 is 17.1 Å². The van der Waals surface area contributed by atoms with Crippen LogP contribution in [0, 0.1) is 20.2 Å². The van der Waals surface area contributed by atoms with E-state index in [1.165, 1.54) is 12.1 Å². The molecule has 0 fully saturated rings. The Morgan fingerprint density at radius 1 is 0.952 bits per heavy atom. The van der Waals surface area contributed by atoms with E-state index in [0.29, 0.717) is 18.5 Å². The van der Waals surface area contributed by atoms with Crippen molar-refractivity contribution in [1.82, 2.24) is 0 Å². The molecule has 0 amide bonds. The van der Waals surface area contributed by atoms with Crippen molar-refractivity contribution in [3.05, 3.63) is 74.3 Å². The Hall–Kier alpha value is -2.96. The Balaban J connectivity index is 2.09. The summed E-state index contributed by atoms with van der Waals surface area (Å²) in [7, 11) is 0. The van der Waals surface area contributed by atoms with Gasteiger partial charge in [0, 0.05) is 23.9 Å². The van der Waals surface area contributed by atoms with Gasteiger partial charge in [0.15, 0.2) is 0 Å². The fraction of sp³-hybridized carbons (Fsp3) is 0.143. The van der Waals surface area contributed by atoms with Crippen molar-refractivity contribution in [2.75, 3.05) is 11.9 Å². The molecule has 0 spiro atoms. The van der Waals surface area contributed by atoms with Crippen molar-refractivity contribution < 1.29 is 9.85 Å². The van der Waals surface area contributed by atoms with Gasteiger partial charge in [0.25, 0.3) is 11.4 Å². The van der Waals surface area contributed by atoms with Gasteiger partial charge in [0.1, 0.15) is 0 Å². The quantitative estimate of drug-likeness (QED) is 0.650. The lowest BCUT2D eigenvalue weighted by molar-refractivity contribution is -0.394. The summed E-state index contributed by atoms with van der Waals surface area (Å²) in [6.07, 6.45) is 0.406. The zero-order chi connectivity index (χ0) is 15.2. The molecule has 0 atom stereocenters. The second kappa shape index (κ2) is 6.47. The Bertz CT molecular complexity index is 659. The summed E-state index contributed by atoms with van der Waals surface area (Å²) in [5.74, 6) is 0. The van der Waals surface area contributed by atoms with E-state index < -0.39 is 9.85 Å². The van der Waals surface area contributed by atoms with E-state index in [-0.39, 0.29) is 11.4 Å². The average molecular weight is 287 g/mol. The van der Waals surface area contributed by atoms with Crippen LogP contribution in [-0.2, 0) is 6.42 Å². The van der Waals surface area contributed by atoms with Crippen LogP contribution in [0.3, 0.4) is 0 Å². The van der Waals surface area contributed by atoms with E-state index in [0.717, 1.165) is 11.8 Å². The van der Waals surface area contributed by atoms with Crippen molar-refractivity contribution in [3.8, 4) is 0 Å². The molecule has 21 heavy (non-hydrogen) atoms. The molecule has 0 bridgehead atoms. The van der Waals surface area contributed by atoms with E-state index >= 15 is 0 Å². The zero-order valence-electron chi connectivity index (χ0n) is 11.1. The lowest BCUT2D eigenvalue weighted by Gasteiger charge is -2.06. The minimum Gasteiger partial charge on any atom is -0.385 e. The van der Waals surface area contributed by atoms with Crippen LogP contribution in [-0.4, -0.2) is 16.4 Å². The monoisotopic (exact) mass is 287 g/mol. The first-order valence-electron chi connectivity index (χ1n) is 6.28. The minimum absolute atomic E-state index is 0.223. The van der Waals surface area contributed by atoms with Crippen molar-refractivity contribution in [2.24, 2.45) is 0 Å². The maximum Gasteiger partial charge on any atom is 0.279 e. The molecule has 0 radical (unpaired) electrons. The summed E-state index contributed by atoms with van der Waals surface area (Å²) in [5, 5.41) is 24.8. The van der Waals surface area contributed by atoms with Crippen LogP contribution >= 0.6 is 0 Å². The van der Waals surface area contributed by atoms with Crippen molar-refractivity contribution in [2.45, 2.75) is 6.42 Å². The average Bonchev–Trinajstić information content (AvgIpc) is 2.48. The highest BCUT2D eigenvalue weighted by atomic mass is 16.6. The number of hydrogen-bond donors (Lipinski definition) is 1. The normalized spacial score (nSPS) is 10.1. The van der Waals surface area contributed by atoms with Gasteiger partial charge in [-0.25, -0.2) is 0 Å². The standard InChI is InChI=1S/C14H13N3O4/c18-16(19)13-7-6-11(14(10-13)17(20)21)8-9-15-12-4-2-1-3-5-12/h1-7,10,15H,8-9H2. The third-order valence-corrected chi connectivity index (χ3v) is 2.97. The smallest absolute Gasteiger partial charge is 0.279 e. The highest BCUT2D eigenvalue weighted by molar-refractivity contribution is 5.50. The van der Waals surface area contributed by atoms with E-state index in [4.69, 9.17) is 0 Å². The van der Waals surface area contributed by atoms with Crippen molar-refractivity contribution in [1.29, 1.82) is 0 Å². The van der Waals surface area contributed by atoms with Gasteiger partial charge in [-0.15, -0.1) is 0 Å². The highest BCUT2D eigenvalue weighted by Crippen LogP contribution is 2.25. The molecular weight excluding hydrogens is 274 g/mol. The number of para-hydroxylation sites is 1. The molecule has 0 heterocycles. The molecule has 0 aliphatic heterocycles. The number of hydrogen-bond acceptors (Lipinski definition) is 5. The van der Waals surface area contributed by atoms with Crippen LogP contribution in [0.2, 0.25) is 0 Å². The number of nitrogens with zero attached hydrogens (tertiary/aromatic N) is 2. The van der Waals surface area contributed by atoms with Gasteiger partial charge in [-0.2, -0.15) is 0 Å².